The van der Waals surface area contributed by atoms with Crippen LogP contribution in [0.15, 0.2) is 35.7 Å². The summed E-state index contributed by atoms with van der Waals surface area (Å²) in [6.07, 6.45) is 1.23. The highest BCUT2D eigenvalue weighted by Gasteiger charge is 2.17. The Labute approximate surface area is 140 Å². The molecule has 1 N–H and O–H groups in total. The summed E-state index contributed by atoms with van der Waals surface area (Å²) in [5.41, 5.74) is 2.31. The summed E-state index contributed by atoms with van der Waals surface area (Å²) < 4.78 is 4.62. The van der Waals surface area contributed by atoms with Gasteiger partial charge in [-0.3, -0.25) is 4.79 Å². The molecular formula is C17H20ClNO2S. The van der Waals surface area contributed by atoms with Gasteiger partial charge in [-0.15, -0.1) is 11.3 Å². The Balaban J connectivity index is 0.000000170. The van der Waals surface area contributed by atoms with Gasteiger partial charge in [-0.1, -0.05) is 29.8 Å². The molecule has 118 valence electrons. The Morgan fingerprint density at radius 2 is 2.14 bits per heavy atom. The summed E-state index contributed by atoms with van der Waals surface area (Å²) in [5.74, 6) is -0.577. The number of rotatable bonds is 2. The molecule has 3 nitrogen and oxygen atoms in total. The van der Waals surface area contributed by atoms with Gasteiger partial charge in [-0.25, -0.2) is 0 Å². The van der Waals surface area contributed by atoms with Crippen LogP contribution in [0.4, 0.5) is 0 Å². The second-order valence-electron chi connectivity index (χ2n) is 5.06. The van der Waals surface area contributed by atoms with E-state index in [1.165, 1.54) is 19.1 Å². The molecule has 5 heteroatoms. The summed E-state index contributed by atoms with van der Waals surface area (Å²) in [6.45, 7) is 4.01. The second-order valence-corrected chi connectivity index (χ2v) is 6.47. The smallest absolute Gasteiger partial charge is 0.312 e. The first-order chi connectivity index (χ1) is 10.6. The molecule has 2 aromatic rings. The van der Waals surface area contributed by atoms with E-state index < -0.39 is 0 Å². The van der Waals surface area contributed by atoms with Gasteiger partial charge < -0.3 is 10.1 Å². The zero-order valence-electron chi connectivity index (χ0n) is 12.8. The minimum Gasteiger partial charge on any atom is -0.469 e. The fraction of sp³-hybridized carbons (Fsp3) is 0.353. The monoisotopic (exact) mass is 337 g/mol. The predicted molar refractivity (Wildman–Crippen MR) is 91.6 cm³/mol. The van der Waals surface area contributed by atoms with Gasteiger partial charge in [0.05, 0.1) is 13.0 Å². The van der Waals surface area contributed by atoms with Gasteiger partial charge in [-0.2, -0.15) is 0 Å². The van der Waals surface area contributed by atoms with E-state index in [-0.39, 0.29) is 11.9 Å². The number of fused-ring (bicyclic) bond motifs is 1. The van der Waals surface area contributed by atoms with E-state index in [1.54, 1.807) is 17.9 Å². The van der Waals surface area contributed by atoms with Crippen LogP contribution in [0.3, 0.4) is 0 Å². The van der Waals surface area contributed by atoms with Crippen molar-refractivity contribution in [2.75, 3.05) is 13.7 Å². The highest BCUT2D eigenvalue weighted by Crippen LogP contribution is 2.24. The average Bonchev–Trinajstić information content (AvgIpc) is 3.03. The van der Waals surface area contributed by atoms with Crippen LogP contribution in [-0.2, 0) is 22.5 Å². The Morgan fingerprint density at radius 1 is 1.36 bits per heavy atom. The molecule has 2 heterocycles. The number of halogens is 1. The van der Waals surface area contributed by atoms with Gasteiger partial charge >= 0.3 is 5.97 Å². The van der Waals surface area contributed by atoms with E-state index in [1.807, 2.05) is 29.5 Å². The van der Waals surface area contributed by atoms with Gasteiger partial charge in [0.1, 0.15) is 0 Å². The van der Waals surface area contributed by atoms with Crippen molar-refractivity contribution in [2.45, 2.75) is 25.8 Å². The van der Waals surface area contributed by atoms with Crippen molar-refractivity contribution in [3.63, 3.8) is 0 Å². The third kappa shape index (κ3) is 4.32. The summed E-state index contributed by atoms with van der Waals surface area (Å²) in [7, 11) is 1.37. The molecular weight excluding hydrogens is 318 g/mol. The molecule has 0 amide bonds. The van der Waals surface area contributed by atoms with Crippen LogP contribution in [0.25, 0.3) is 0 Å². The van der Waals surface area contributed by atoms with Crippen LogP contribution in [0.5, 0.6) is 0 Å². The van der Waals surface area contributed by atoms with Crippen LogP contribution in [0, 0.1) is 0 Å². The summed E-state index contributed by atoms with van der Waals surface area (Å²) in [4.78, 5) is 12.8. The van der Waals surface area contributed by atoms with Crippen molar-refractivity contribution < 1.29 is 9.53 Å². The average molecular weight is 338 g/mol. The van der Waals surface area contributed by atoms with Crippen LogP contribution in [0.1, 0.15) is 28.8 Å². The number of benzene rings is 1. The zero-order chi connectivity index (χ0) is 15.9. The lowest BCUT2D eigenvalue weighted by Gasteiger charge is -2.10. The summed E-state index contributed by atoms with van der Waals surface area (Å²) in [5, 5.41) is 6.11. The fourth-order valence-electron chi connectivity index (χ4n) is 2.30. The number of carbonyl (C=O) groups excluding carboxylic acids is 1. The van der Waals surface area contributed by atoms with E-state index in [2.05, 4.69) is 21.5 Å². The number of carbonyl (C=O) groups is 1. The first-order valence-corrected chi connectivity index (χ1v) is 8.47. The lowest BCUT2D eigenvalue weighted by atomic mass is 10.0. The molecule has 1 aliphatic rings. The van der Waals surface area contributed by atoms with Crippen molar-refractivity contribution in [3.05, 3.63) is 56.7 Å². The lowest BCUT2D eigenvalue weighted by Crippen LogP contribution is -2.21. The highest BCUT2D eigenvalue weighted by molar-refractivity contribution is 7.10. The summed E-state index contributed by atoms with van der Waals surface area (Å²) in [6, 6.07) is 9.48. The van der Waals surface area contributed by atoms with Gasteiger partial charge in [0, 0.05) is 23.0 Å². The number of methoxy groups -OCH3 is 1. The topological polar surface area (TPSA) is 38.3 Å². The lowest BCUT2D eigenvalue weighted by molar-refractivity contribution is -0.141. The maximum absolute atomic E-state index is 11.2. The van der Waals surface area contributed by atoms with Crippen molar-refractivity contribution in [1.29, 1.82) is 0 Å². The molecule has 0 spiro atoms. The normalized spacial score (nSPS) is 14.3. The quantitative estimate of drug-likeness (QED) is 0.841. The number of ether oxygens (including phenoxy) is 1. The molecule has 0 saturated carbocycles. The van der Waals surface area contributed by atoms with Crippen molar-refractivity contribution in [3.8, 4) is 0 Å². The van der Waals surface area contributed by atoms with Crippen LogP contribution >= 0.6 is 22.9 Å². The number of hydrogen-bond acceptors (Lipinski definition) is 4. The molecule has 0 unspecified atom stereocenters. The third-order valence-corrected chi connectivity index (χ3v) is 4.98. The van der Waals surface area contributed by atoms with Gasteiger partial charge in [0.25, 0.3) is 0 Å². The largest absolute Gasteiger partial charge is 0.469 e. The van der Waals surface area contributed by atoms with Crippen LogP contribution < -0.4 is 5.32 Å². The Bertz CT molecular complexity index is 606. The third-order valence-electron chi connectivity index (χ3n) is 3.61. The predicted octanol–water partition coefficient (Wildman–Crippen LogP) is 4.01. The minimum atomic E-state index is -0.307. The number of thiophene rings is 1. The molecule has 0 radical (unpaired) electrons. The molecule has 0 aliphatic carbocycles. The Kier molecular flexibility index (Phi) is 6.43. The van der Waals surface area contributed by atoms with Crippen LogP contribution in [-0.4, -0.2) is 19.6 Å². The van der Waals surface area contributed by atoms with E-state index in [0.29, 0.717) is 5.02 Å². The van der Waals surface area contributed by atoms with E-state index in [0.717, 1.165) is 18.7 Å². The minimum absolute atomic E-state index is 0.270. The Hall–Kier alpha value is -1.36. The van der Waals surface area contributed by atoms with Gasteiger partial charge in [0.15, 0.2) is 0 Å². The SMILES string of the molecule is COC(=O)[C@H](C)c1ccccc1Cl.c1cc2c(s1)CCNC2. The van der Waals surface area contributed by atoms with Crippen molar-refractivity contribution >= 4 is 28.9 Å². The van der Waals surface area contributed by atoms with E-state index >= 15 is 0 Å². The second kappa shape index (κ2) is 8.32. The molecule has 0 bridgehead atoms. The highest BCUT2D eigenvalue weighted by atomic mass is 35.5. The Morgan fingerprint density at radius 3 is 2.82 bits per heavy atom. The molecule has 1 aromatic carbocycles. The van der Waals surface area contributed by atoms with Crippen molar-refractivity contribution in [1.82, 2.24) is 5.32 Å². The van der Waals surface area contributed by atoms with Crippen LogP contribution in [0.2, 0.25) is 5.02 Å². The van der Waals surface area contributed by atoms with Gasteiger partial charge in [-0.05, 0) is 42.0 Å². The maximum Gasteiger partial charge on any atom is 0.312 e. The zero-order valence-corrected chi connectivity index (χ0v) is 14.3. The number of nitrogens with one attached hydrogen (secondary N) is 1. The fourth-order valence-corrected chi connectivity index (χ4v) is 3.51. The van der Waals surface area contributed by atoms with Gasteiger partial charge in [0.2, 0.25) is 0 Å². The van der Waals surface area contributed by atoms with Crippen molar-refractivity contribution in [2.24, 2.45) is 0 Å². The molecule has 22 heavy (non-hydrogen) atoms. The first kappa shape index (κ1) is 17.0. The molecule has 1 aliphatic heterocycles. The molecule has 1 aromatic heterocycles. The molecule has 0 saturated heterocycles. The van der Waals surface area contributed by atoms with E-state index in [4.69, 9.17) is 11.6 Å². The number of hydrogen-bond donors (Lipinski definition) is 1. The summed E-state index contributed by atoms with van der Waals surface area (Å²) >= 11 is 7.80. The first-order valence-electron chi connectivity index (χ1n) is 7.21. The van der Waals surface area contributed by atoms with E-state index in [9.17, 15) is 4.79 Å². The standard InChI is InChI=1S/C10H11ClO2.C7H9NS/c1-7(10(12)13-2)8-5-3-4-6-9(8)11;1-3-8-5-6-2-4-9-7(1)6/h3-7H,1-2H3;2,4,8H,1,3,5H2/t7-;/m1./s1. The maximum atomic E-state index is 11.2. The molecule has 1 atom stereocenters. The molecule has 0 fully saturated rings. The molecule has 3 rings (SSSR count). The number of esters is 1.